The van der Waals surface area contributed by atoms with Crippen LogP contribution in [0.1, 0.15) is 49.9 Å². The van der Waals surface area contributed by atoms with Gasteiger partial charge < -0.3 is 5.73 Å². The third-order valence-corrected chi connectivity index (χ3v) is 5.74. The van der Waals surface area contributed by atoms with Gasteiger partial charge in [-0.3, -0.25) is 4.68 Å². The van der Waals surface area contributed by atoms with Gasteiger partial charge >= 0.3 is 6.18 Å². The lowest BCUT2D eigenvalue weighted by Gasteiger charge is -2.13. The number of aromatic nitrogens is 3. The number of nitrogens with two attached hydrogens (primary N) is 1. The minimum absolute atomic E-state index is 0.0886. The maximum atomic E-state index is 13.1. The Balaban J connectivity index is 1.70. The number of hydrogen-bond acceptors (Lipinski definition) is 4. The third kappa shape index (κ3) is 2.95. The van der Waals surface area contributed by atoms with E-state index in [9.17, 15) is 13.2 Å². The summed E-state index contributed by atoms with van der Waals surface area (Å²) >= 11 is 0. The van der Waals surface area contributed by atoms with E-state index in [2.05, 4.69) is 16.2 Å². The monoisotopic (exact) mass is 375 g/mol. The first-order valence-electron chi connectivity index (χ1n) is 9.02. The van der Waals surface area contributed by atoms with E-state index in [0.717, 1.165) is 24.6 Å². The van der Waals surface area contributed by atoms with Gasteiger partial charge in [-0.15, -0.1) is 0 Å². The van der Waals surface area contributed by atoms with Gasteiger partial charge in [0.25, 0.3) is 0 Å². The second-order valence-corrected chi connectivity index (χ2v) is 7.80. The number of anilines is 1. The molecule has 2 aliphatic rings. The van der Waals surface area contributed by atoms with Crippen molar-refractivity contribution in [2.45, 2.75) is 44.8 Å². The number of nitriles is 1. The highest BCUT2D eigenvalue weighted by Crippen LogP contribution is 2.65. The summed E-state index contributed by atoms with van der Waals surface area (Å²) in [6.45, 7) is 4.00. The molecular weight excluding hydrogens is 355 g/mol. The van der Waals surface area contributed by atoms with Gasteiger partial charge in [-0.1, -0.05) is 0 Å². The van der Waals surface area contributed by atoms with E-state index in [-0.39, 0.29) is 12.0 Å². The van der Waals surface area contributed by atoms with E-state index in [1.165, 1.54) is 6.20 Å². The molecule has 0 aromatic carbocycles. The van der Waals surface area contributed by atoms with Crippen LogP contribution in [0.2, 0.25) is 0 Å². The first-order chi connectivity index (χ1) is 12.7. The number of nitrogen functional groups attached to an aromatic ring is 1. The molecule has 142 valence electrons. The Morgan fingerprint density at radius 2 is 1.93 bits per heavy atom. The number of halogens is 3. The summed E-state index contributed by atoms with van der Waals surface area (Å²) in [6.07, 6.45) is -1.44. The Bertz CT molecular complexity index is 912. The van der Waals surface area contributed by atoms with Gasteiger partial charge in [0.15, 0.2) is 0 Å². The molecular formula is C19H20F3N5. The number of rotatable bonds is 3. The molecule has 4 rings (SSSR count). The standard InChI is InChI=1S/C19H20F3N5/c1-9(2)27-16(17-12-3-10(7-23)4-13(12)17)6-15(26-27)11-5-14(19(20,21)22)18(24)25-8-11/h5-6,8-10,12-13,17H,3-4H2,1-2H3,(H2,24,25). The Labute approximate surface area is 155 Å². The molecule has 0 radical (unpaired) electrons. The molecule has 2 aliphatic carbocycles. The summed E-state index contributed by atoms with van der Waals surface area (Å²) in [4.78, 5) is 3.72. The zero-order valence-electron chi connectivity index (χ0n) is 15.0. The van der Waals surface area contributed by atoms with Crippen molar-refractivity contribution in [2.75, 3.05) is 5.73 Å². The molecule has 2 aromatic rings. The van der Waals surface area contributed by atoms with Gasteiger partial charge in [0.05, 0.1) is 17.3 Å². The third-order valence-electron chi connectivity index (χ3n) is 5.74. The Morgan fingerprint density at radius 1 is 1.26 bits per heavy atom. The van der Waals surface area contributed by atoms with Crippen molar-refractivity contribution in [3.05, 3.63) is 29.6 Å². The average molecular weight is 375 g/mol. The second-order valence-electron chi connectivity index (χ2n) is 7.80. The van der Waals surface area contributed by atoms with Crippen LogP contribution in [0.5, 0.6) is 0 Å². The molecule has 2 heterocycles. The van der Waals surface area contributed by atoms with E-state index in [1.54, 1.807) is 0 Å². The number of nitrogens with zero attached hydrogens (tertiary/aromatic N) is 4. The van der Waals surface area contributed by atoms with Crippen molar-refractivity contribution in [3.8, 4) is 17.3 Å². The summed E-state index contributed by atoms with van der Waals surface area (Å²) in [5.41, 5.74) is 6.27. The van der Waals surface area contributed by atoms with Crippen molar-refractivity contribution in [1.29, 1.82) is 5.26 Å². The molecule has 2 atom stereocenters. The van der Waals surface area contributed by atoms with E-state index in [1.807, 2.05) is 24.6 Å². The molecule has 8 heteroatoms. The summed E-state index contributed by atoms with van der Waals surface area (Å²) in [5.74, 6) is 0.886. The zero-order valence-corrected chi connectivity index (χ0v) is 15.0. The number of hydrogen-bond donors (Lipinski definition) is 1. The second kappa shape index (κ2) is 5.98. The highest BCUT2D eigenvalue weighted by atomic mass is 19.4. The van der Waals surface area contributed by atoms with Gasteiger partial charge in [0.1, 0.15) is 5.82 Å². The van der Waals surface area contributed by atoms with E-state index >= 15 is 0 Å². The largest absolute Gasteiger partial charge is 0.419 e. The fraction of sp³-hybridized carbons (Fsp3) is 0.526. The molecule has 27 heavy (non-hydrogen) atoms. The topological polar surface area (TPSA) is 80.5 Å². The van der Waals surface area contributed by atoms with Gasteiger partial charge in [-0.25, -0.2) is 4.98 Å². The number of alkyl halides is 3. The fourth-order valence-corrected chi connectivity index (χ4v) is 4.44. The molecule has 0 spiro atoms. The number of pyridine rings is 1. The highest BCUT2D eigenvalue weighted by Gasteiger charge is 2.58. The molecule has 2 unspecified atom stereocenters. The van der Waals surface area contributed by atoms with Crippen molar-refractivity contribution in [3.63, 3.8) is 0 Å². The van der Waals surface area contributed by atoms with Crippen LogP contribution in [0.4, 0.5) is 19.0 Å². The highest BCUT2D eigenvalue weighted by molar-refractivity contribution is 5.63. The lowest BCUT2D eigenvalue weighted by Crippen LogP contribution is -2.10. The van der Waals surface area contributed by atoms with Crippen molar-refractivity contribution in [2.24, 2.45) is 17.8 Å². The predicted octanol–water partition coefficient (Wildman–Crippen LogP) is 4.39. The Morgan fingerprint density at radius 3 is 2.48 bits per heavy atom. The van der Waals surface area contributed by atoms with Crippen LogP contribution < -0.4 is 5.73 Å². The first-order valence-corrected chi connectivity index (χ1v) is 9.02. The normalized spacial score (nSPS) is 26.9. The van der Waals surface area contributed by atoms with Crippen molar-refractivity contribution < 1.29 is 13.2 Å². The first kappa shape index (κ1) is 17.8. The molecule has 2 aromatic heterocycles. The molecule has 2 fully saturated rings. The summed E-state index contributed by atoms with van der Waals surface area (Å²) < 4.78 is 41.3. The lowest BCUT2D eigenvalue weighted by molar-refractivity contribution is -0.137. The Hall–Kier alpha value is -2.56. The van der Waals surface area contributed by atoms with E-state index in [0.29, 0.717) is 29.0 Å². The van der Waals surface area contributed by atoms with E-state index in [4.69, 9.17) is 11.0 Å². The molecule has 2 N–H and O–H groups in total. The van der Waals surface area contributed by atoms with E-state index < -0.39 is 17.6 Å². The van der Waals surface area contributed by atoms with Crippen LogP contribution in [0, 0.1) is 29.1 Å². The SMILES string of the molecule is CC(C)n1nc(-c2cnc(N)c(C(F)(F)F)c2)cc1C1C2CC(C#N)CC21. The lowest BCUT2D eigenvalue weighted by atomic mass is 9.99. The minimum Gasteiger partial charge on any atom is -0.383 e. The van der Waals surface area contributed by atoms with Gasteiger partial charge in [-0.2, -0.15) is 23.5 Å². The van der Waals surface area contributed by atoms with Gasteiger partial charge in [0, 0.05) is 35.3 Å². The zero-order chi connectivity index (χ0) is 19.5. The van der Waals surface area contributed by atoms with Crippen molar-refractivity contribution >= 4 is 5.82 Å². The molecule has 2 saturated carbocycles. The smallest absolute Gasteiger partial charge is 0.383 e. The van der Waals surface area contributed by atoms with Crippen LogP contribution in [0.25, 0.3) is 11.3 Å². The van der Waals surface area contributed by atoms with Crippen LogP contribution in [0.3, 0.4) is 0 Å². The minimum atomic E-state index is -4.56. The van der Waals surface area contributed by atoms with Gasteiger partial charge in [0.2, 0.25) is 0 Å². The molecule has 0 amide bonds. The molecule has 0 bridgehead atoms. The maximum absolute atomic E-state index is 13.1. The quantitative estimate of drug-likeness (QED) is 0.863. The summed E-state index contributed by atoms with van der Waals surface area (Å²) in [7, 11) is 0. The molecule has 0 aliphatic heterocycles. The van der Waals surface area contributed by atoms with Crippen molar-refractivity contribution in [1.82, 2.24) is 14.8 Å². The molecule has 0 saturated heterocycles. The average Bonchev–Trinajstić information content (AvgIpc) is 2.99. The summed E-state index contributed by atoms with van der Waals surface area (Å²) in [5, 5.41) is 13.7. The molecule has 5 nitrogen and oxygen atoms in total. The Kier molecular flexibility index (Phi) is 3.95. The summed E-state index contributed by atoms with van der Waals surface area (Å²) in [6, 6.07) is 5.32. The fourth-order valence-electron chi connectivity index (χ4n) is 4.44. The van der Waals surface area contributed by atoms with Crippen LogP contribution in [0.15, 0.2) is 18.3 Å². The predicted molar refractivity (Wildman–Crippen MR) is 93.3 cm³/mol. The maximum Gasteiger partial charge on any atom is 0.419 e. The van der Waals surface area contributed by atoms with Crippen LogP contribution >= 0.6 is 0 Å². The van der Waals surface area contributed by atoms with Gasteiger partial charge in [-0.05, 0) is 50.7 Å². The number of fused-ring (bicyclic) bond motifs is 1. The van der Waals surface area contributed by atoms with Crippen LogP contribution in [-0.4, -0.2) is 14.8 Å². The van der Waals surface area contributed by atoms with Crippen LogP contribution in [-0.2, 0) is 6.18 Å².